The molecule has 0 aliphatic carbocycles. The van der Waals surface area contributed by atoms with Crippen LogP contribution in [0.15, 0.2) is 59.5 Å². The third kappa shape index (κ3) is 4.54. The van der Waals surface area contributed by atoms with Crippen molar-refractivity contribution in [2.24, 2.45) is 5.73 Å². The van der Waals surface area contributed by atoms with Crippen LogP contribution < -0.4 is 11.1 Å². The molecule has 0 bridgehead atoms. The predicted octanol–water partition coefficient (Wildman–Crippen LogP) is 1.02. The Bertz CT molecular complexity index is 881. The van der Waals surface area contributed by atoms with E-state index >= 15 is 0 Å². The second kappa shape index (κ2) is 8.62. The quantitative estimate of drug-likeness (QED) is 0.736. The van der Waals surface area contributed by atoms with Crippen molar-refractivity contribution in [1.29, 1.82) is 0 Å². The van der Waals surface area contributed by atoms with Crippen molar-refractivity contribution >= 4 is 15.9 Å². The number of ether oxygens (including phenoxy) is 1. The molecule has 2 aromatic rings. The lowest BCUT2D eigenvalue weighted by Gasteiger charge is -2.27. The van der Waals surface area contributed by atoms with Crippen LogP contribution in [-0.4, -0.2) is 44.9 Å². The average molecular weight is 389 g/mol. The van der Waals surface area contributed by atoms with Gasteiger partial charge >= 0.3 is 0 Å². The van der Waals surface area contributed by atoms with Crippen LogP contribution in [0.25, 0.3) is 0 Å². The summed E-state index contributed by atoms with van der Waals surface area (Å²) in [7, 11) is -3.63. The fourth-order valence-electron chi connectivity index (χ4n) is 3.07. The number of amides is 1. The van der Waals surface area contributed by atoms with Gasteiger partial charge in [-0.15, -0.1) is 0 Å². The van der Waals surface area contributed by atoms with Gasteiger partial charge in [-0.25, -0.2) is 8.42 Å². The zero-order chi connectivity index (χ0) is 19.3. The molecule has 0 unspecified atom stereocenters. The van der Waals surface area contributed by atoms with E-state index < -0.39 is 22.0 Å². The Hall–Kier alpha value is -2.26. The molecule has 1 saturated heterocycles. The summed E-state index contributed by atoms with van der Waals surface area (Å²) < 4.78 is 32.7. The number of rotatable bonds is 7. The number of hydrogen-bond acceptors (Lipinski definition) is 5. The Balaban J connectivity index is 1.82. The van der Waals surface area contributed by atoms with E-state index in [1.807, 2.05) is 18.2 Å². The fraction of sp³-hybridized carbons (Fsp3) is 0.316. The topological polar surface area (TPSA) is 102 Å². The molecule has 0 radical (unpaired) electrons. The zero-order valence-electron chi connectivity index (χ0n) is 14.9. The molecule has 7 nitrogen and oxygen atoms in total. The fourth-order valence-corrected chi connectivity index (χ4v) is 4.70. The largest absolute Gasteiger partial charge is 0.379 e. The molecule has 8 heteroatoms. The maximum Gasteiger partial charge on any atom is 0.243 e. The van der Waals surface area contributed by atoms with Crippen molar-refractivity contribution in [3.8, 4) is 0 Å². The van der Waals surface area contributed by atoms with Gasteiger partial charge in [-0.1, -0.05) is 48.5 Å². The van der Waals surface area contributed by atoms with Crippen molar-refractivity contribution in [3.63, 3.8) is 0 Å². The highest BCUT2D eigenvalue weighted by Crippen LogP contribution is 2.22. The minimum absolute atomic E-state index is 0.197. The van der Waals surface area contributed by atoms with Crippen molar-refractivity contribution in [2.75, 3.05) is 26.3 Å². The second-order valence-corrected chi connectivity index (χ2v) is 8.16. The number of hydrogen-bond donors (Lipinski definition) is 2. The highest BCUT2D eigenvalue weighted by atomic mass is 32.2. The predicted molar refractivity (Wildman–Crippen MR) is 101 cm³/mol. The van der Waals surface area contributed by atoms with Crippen LogP contribution in [0, 0.1) is 0 Å². The number of nitrogens with one attached hydrogen (secondary N) is 1. The minimum Gasteiger partial charge on any atom is -0.379 e. The molecule has 0 spiro atoms. The van der Waals surface area contributed by atoms with Crippen molar-refractivity contribution in [3.05, 3.63) is 65.7 Å². The molecule has 0 aromatic heterocycles. The van der Waals surface area contributed by atoms with E-state index in [4.69, 9.17) is 10.5 Å². The van der Waals surface area contributed by atoms with Crippen LogP contribution in [0.3, 0.4) is 0 Å². The molecule has 0 saturated carbocycles. The number of primary amides is 1. The van der Waals surface area contributed by atoms with Gasteiger partial charge in [0, 0.05) is 19.6 Å². The standard InChI is InChI=1S/C19H23N3O4S/c20-19(23)18(15-6-2-1-3-7-15)21-14-16-8-4-5-9-17(16)27(24,25)22-10-12-26-13-11-22/h1-9,18,21H,10-14H2,(H2,20,23)/t18-/m1/s1. The summed E-state index contributed by atoms with van der Waals surface area (Å²) in [5.74, 6) is -0.519. The molecule has 144 valence electrons. The molecule has 3 rings (SSSR count). The molecule has 1 aliphatic rings. The molecule has 1 amide bonds. The minimum atomic E-state index is -3.63. The normalized spacial score (nSPS) is 16.7. The van der Waals surface area contributed by atoms with Crippen molar-refractivity contribution in [1.82, 2.24) is 9.62 Å². The molecule has 2 aromatic carbocycles. The summed E-state index contributed by atoms with van der Waals surface area (Å²) in [6, 6.07) is 15.2. The molecule has 1 heterocycles. The third-order valence-corrected chi connectivity index (χ3v) is 6.47. The first-order valence-corrected chi connectivity index (χ1v) is 10.2. The van der Waals surface area contributed by atoms with Gasteiger partial charge in [0.2, 0.25) is 15.9 Å². The number of nitrogens with zero attached hydrogens (tertiary/aromatic N) is 1. The molecule has 3 N–H and O–H groups in total. The molecule has 1 atom stereocenters. The first-order chi connectivity index (χ1) is 13.0. The van der Waals surface area contributed by atoms with E-state index in [0.717, 1.165) is 5.56 Å². The summed E-state index contributed by atoms with van der Waals surface area (Å²) in [6.45, 7) is 1.63. The maximum absolute atomic E-state index is 13.0. The van der Waals surface area contributed by atoms with Gasteiger partial charge in [0.1, 0.15) is 6.04 Å². The lowest BCUT2D eigenvalue weighted by molar-refractivity contribution is -0.120. The van der Waals surface area contributed by atoms with Crippen LogP contribution in [-0.2, 0) is 26.1 Å². The Morgan fingerprint density at radius 1 is 1.07 bits per heavy atom. The van der Waals surface area contributed by atoms with Gasteiger partial charge in [0.15, 0.2) is 0 Å². The lowest BCUT2D eigenvalue weighted by atomic mass is 10.1. The number of morpholine rings is 1. The van der Waals surface area contributed by atoms with E-state index in [0.29, 0.717) is 31.9 Å². The van der Waals surface area contributed by atoms with Gasteiger partial charge in [-0.05, 0) is 17.2 Å². The van der Waals surface area contributed by atoms with E-state index in [2.05, 4.69) is 5.32 Å². The third-order valence-electron chi connectivity index (χ3n) is 4.47. The Labute approximate surface area is 159 Å². The van der Waals surface area contributed by atoms with Gasteiger partial charge in [-0.3, -0.25) is 10.1 Å². The van der Waals surface area contributed by atoms with Crippen LogP contribution >= 0.6 is 0 Å². The van der Waals surface area contributed by atoms with Crippen LogP contribution in [0.1, 0.15) is 17.2 Å². The Morgan fingerprint density at radius 3 is 2.37 bits per heavy atom. The first-order valence-electron chi connectivity index (χ1n) is 8.73. The number of benzene rings is 2. The lowest BCUT2D eigenvalue weighted by Crippen LogP contribution is -2.41. The van der Waals surface area contributed by atoms with Crippen LogP contribution in [0.2, 0.25) is 0 Å². The number of sulfonamides is 1. The van der Waals surface area contributed by atoms with E-state index in [1.165, 1.54) is 4.31 Å². The van der Waals surface area contributed by atoms with E-state index in [-0.39, 0.29) is 11.4 Å². The molecular weight excluding hydrogens is 366 g/mol. The summed E-state index contributed by atoms with van der Waals surface area (Å²) in [4.78, 5) is 12.1. The van der Waals surface area contributed by atoms with E-state index in [1.54, 1.807) is 36.4 Å². The number of carbonyl (C=O) groups is 1. The summed E-state index contributed by atoms with van der Waals surface area (Å²) in [5, 5.41) is 3.08. The molecular formula is C19H23N3O4S. The van der Waals surface area contributed by atoms with Gasteiger partial charge < -0.3 is 10.5 Å². The molecule has 1 aliphatic heterocycles. The highest BCUT2D eigenvalue weighted by molar-refractivity contribution is 7.89. The number of nitrogens with two attached hydrogens (primary N) is 1. The number of carbonyl (C=O) groups excluding carboxylic acids is 1. The Morgan fingerprint density at radius 2 is 1.70 bits per heavy atom. The molecule has 27 heavy (non-hydrogen) atoms. The second-order valence-electron chi connectivity index (χ2n) is 6.25. The maximum atomic E-state index is 13.0. The smallest absolute Gasteiger partial charge is 0.243 e. The summed E-state index contributed by atoms with van der Waals surface area (Å²) >= 11 is 0. The zero-order valence-corrected chi connectivity index (χ0v) is 15.7. The first kappa shape index (κ1) is 19.5. The van der Waals surface area contributed by atoms with Gasteiger partial charge in [-0.2, -0.15) is 4.31 Å². The SMILES string of the molecule is NC(=O)[C@H](NCc1ccccc1S(=O)(=O)N1CCOCC1)c1ccccc1. The highest BCUT2D eigenvalue weighted by Gasteiger charge is 2.28. The summed E-state index contributed by atoms with van der Waals surface area (Å²) in [5.41, 5.74) is 6.86. The van der Waals surface area contributed by atoms with Crippen LogP contribution in [0.4, 0.5) is 0 Å². The Kier molecular flexibility index (Phi) is 6.22. The monoisotopic (exact) mass is 389 g/mol. The van der Waals surface area contributed by atoms with Crippen molar-refractivity contribution < 1.29 is 17.9 Å². The van der Waals surface area contributed by atoms with Crippen LogP contribution in [0.5, 0.6) is 0 Å². The van der Waals surface area contributed by atoms with E-state index in [9.17, 15) is 13.2 Å². The summed E-state index contributed by atoms with van der Waals surface area (Å²) in [6.07, 6.45) is 0. The molecule has 1 fully saturated rings. The van der Waals surface area contributed by atoms with Gasteiger partial charge in [0.25, 0.3) is 0 Å². The van der Waals surface area contributed by atoms with Gasteiger partial charge in [0.05, 0.1) is 18.1 Å². The van der Waals surface area contributed by atoms with Crippen molar-refractivity contribution in [2.45, 2.75) is 17.5 Å². The average Bonchev–Trinajstić information content (AvgIpc) is 2.69.